The number of aliphatic imine (C=N–C) groups is 1. The Morgan fingerprint density at radius 3 is 2.34 bits per heavy atom. The molecule has 0 amide bonds. The van der Waals surface area contributed by atoms with Gasteiger partial charge in [-0.05, 0) is 24.1 Å². The van der Waals surface area contributed by atoms with Crippen molar-refractivity contribution in [2.24, 2.45) is 4.99 Å². The van der Waals surface area contributed by atoms with Crippen LogP contribution in [0.4, 0.5) is 13.2 Å². The molecule has 0 radical (unpaired) electrons. The van der Waals surface area contributed by atoms with E-state index in [0.29, 0.717) is 32.3 Å². The van der Waals surface area contributed by atoms with E-state index in [4.69, 9.17) is 14.2 Å². The van der Waals surface area contributed by atoms with Crippen molar-refractivity contribution in [2.45, 2.75) is 32.5 Å². The largest absolute Gasteiger partial charge is 0.497 e. The predicted octanol–water partition coefficient (Wildman–Crippen LogP) is 3.83. The van der Waals surface area contributed by atoms with Gasteiger partial charge in [-0.1, -0.05) is 19.4 Å². The van der Waals surface area contributed by atoms with E-state index in [-0.39, 0.29) is 41.8 Å². The molecule has 0 bridgehead atoms. The van der Waals surface area contributed by atoms with Crippen LogP contribution in [0.5, 0.6) is 5.75 Å². The summed E-state index contributed by atoms with van der Waals surface area (Å²) >= 11 is 0. The first-order valence-corrected chi connectivity index (χ1v) is 9.26. The highest BCUT2D eigenvalue weighted by atomic mass is 127. The lowest BCUT2D eigenvalue weighted by atomic mass is 10.1. The summed E-state index contributed by atoms with van der Waals surface area (Å²) in [4.78, 5) is 4.00. The summed E-state index contributed by atoms with van der Waals surface area (Å²) < 4.78 is 55.4. The van der Waals surface area contributed by atoms with Crippen LogP contribution in [0.2, 0.25) is 0 Å². The second-order valence-corrected chi connectivity index (χ2v) is 5.95. The van der Waals surface area contributed by atoms with Gasteiger partial charge in [-0.3, -0.25) is 4.99 Å². The number of hydrogen-bond acceptors (Lipinski definition) is 4. The normalized spacial score (nSPS) is 11.7. The Balaban J connectivity index is 0.00000784. The molecule has 6 nitrogen and oxygen atoms in total. The molecule has 0 spiro atoms. The highest BCUT2D eigenvalue weighted by Crippen LogP contribution is 2.34. The molecule has 0 atom stereocenters. The molecule has 10 heteroatoms. The average Bonchev–Trinajstić information content (AvgIpc) is 2.68. The number of guanidine groups is 1. The van der Waals surface area contributed by atoms with Crippen molar-refractivity contribution in [3.63, 3.8) is 0 Å². The van der Waals surface area contributed by atoms with Crippen molar-refractivity contribution >= 4 is 29.9 Å². The van der Waals surface area contributed by atoms with Crippen molar-refractivity contribution in [2.75, 3.05) is 47.1 Å². The third-order valence-corrected chi connectivity index (χ3v) is 3.85. The Hall–Kier alpha value is -1.27. The summed E-state index contributed by atoms with van der Waals surface area (Å²) in [5.74, 6) is 0.557. The van der Waals surface area contributed by atoms with E-state index in [0.717, 1.165) is 25.5 Å². The summed E-state index contributed by atoms with van der Waals surface area (Å²) in [6, 6.07) is 3.88. The fraction of sp³-hybridized carbons (Fsp3) is 0.632. The van der Waals surface area contributed by atoms with Crippen molar-refractivity contribution in [3.05, 3.63) is 29.3 Å². The number of hydrogen-bond donors (Lipinski definition) is 2. The molecular weight excluding hydrogens is 502 g/mol. The van der Waals surface area contributed by atoms with Gasteiger partial charge in [0.05, 0.1) is 32.5 Å². The summed E-state index contributed by atoms with van der Waals surface area (Å²) in [5.41, 5.74) is -0.627. The van der Waals surface area contributed by atoms with Crippen LogP contribution in [-0.4, -0.2) is 53.1 Å². The first-order chi connectivity index (χ1) is 13.4. The van der Waals surface area contributed by atoms with E-state index in [1.807, 2.05) is 0 Å². The molecular formula is C19H31F3IN3O3. The smallest absolute Gasteiger partial charge is 0.416 e. The Kier molecular flexibility index (Phi) is 14.9. The molecule has 1 aromatic rings. The molecule has 2 N–H and O–H groups in total. The molecule has 168 valence electrons. The average molecular weight is 533 g/mol. The Morgan fingerprint density at radius 2 is 1.76 bits per heavy atom. The molecule has 1 aromatic carbocycles. The summed E-state index contributed by atoms with van der Waals surface area (Å²) in [7, 11) is 2.88. The third-order valence-electron chi connectivity index (χ3n) is 3.85. The minimum absolute atomic E-state index is 0. The number of rotatable bonds is 12. The van der Waals surface area contributed by atoms with Gasteiger partial charge in [0.2, 0.25) is 0 Å². The van der Waals surface area contributed by atoms with Crippen molar-refractivity contribution < 1.29 is 27.4 Å². The molecule has 0 heterocycles. The SMILES string of the molecule is CCCCOCCOCCNC(=NC)NCc1ccc(OC)cc1C(F)(F)F.I. The first-order valence-electron chi connectivity index (χ1n) is 9.26. The Morgan fingerprint density at radius 1 is 1.07 bits per heavy atom. The predicted molar refractivity (Wildman–Crippen MR) is 118 cm³/mol. The molecule has 0 aliphatic carbocycles. The van der Waals surface area contributed by atoms with Crippen LogP contribution < -0.4 is 15.4 Å². The molecule has 0 saturated heterocycles. The summed E-state index contributed by atoms with van der Waals surface area (Å²) in [5, 5.41) is 5.88. The second-order valence-electron chi connectivity index (χ2n) is 5.95. The topological polar surface area (TPSA) is 64.1 Å². The zero-order valence-electron chi connectivity index (χ0n) is 17.1. The van der Waals surface area contributed by atoms with E-state index < -0.39 is 11.7 Å². The monoisotopic (exact) mass is 533 g/mol. The van der Waals surface area contributed by atoms with Crippen LogP contribution in [0.1, 0.15) is 30.9 Å². The maximum Gasteiger partial charge on any atom is 0.416 e. The number of halogens is 4. The van der Waals surface area contributed by atoms with Crippen LogP contribution >= 0.6 is 24.0 Å². The van der Waals surface area contributed by atoms with Crippen molar-refractivity contribution in [1.29, 1.82) is 0 Å². The van der Waals surface area contributed by atoms with Gasteiger partial charge in [-0.2, -0.15) is 13.2 Å². The number of ether oxygens (including phenoxy) is 3. The lowest BCUT2D eigenvalue weighted by Gasteiger charge is -2.16. The fourth-order valence-electron chi connectivity index (χ4n) is 2.31. The zero-order valence-corrected chi connectivity index (χ0v) is 19.4. The van der Waals surface area contributed by atoms with Gasteiger partial charge in [0, 0.05) is 26.7 Å². The number of nitrogens with one attached hydrogen (secondary N) is 2. The molecule has 0 unspecified atom stereocenters. The molecule has 0 aliphatic heterocycles. The Bertz CT molecular complexity index is 602. The van der Waals surface area contributed by atoms with Gasteiger partial charge in [-0.25, -0.2) is 0 Å². The van der Waals surface area contributed by atoms with Crippen LogP contribution in [0.25, 0.3) is 0 Å². The standard InChI is InChI=1S/C19H30F3N3O3.HI/c1-4-5-9-27-11-12-28-10-8-24-18(23-2)25-14-15-6-7-16(26-3)13-17(15)19(20,21)22;/h6-7,13H,4-5,8-12,14H2,1-3H3,(H2,23,24,25);1H. The van der Waals surface area contributed by atoms with Crippen LogP contribution in [0.15, 0.2) is 23.2 Å². The molecule has 29 heavy (non-hydrogen) atoms. The number of methoxy groups -OCH3 is 1. The van der Waals surface area contributed by atoms with Crippen LogP contribution in [0.3, 0.4) is 0 Å². The second kappa shape index (κ2) is 15.6. The molecule has 0 fully saturated rings. The molecule has 0 aliphatic rings. The zero-order chi connectivity index (χ0) is 20.8. The highest BCUT2D eigenvalue weighted by molar-refractivity contribution is 14.0. The third kappa shape index (κ3) is 11.5. The molecule has 1 rings (SSSR count). The summed E-state index contributed by atoms with van der Waals surface area (Å²) in [6.07, 6.45) is -2.33. The van der Waals surface area contributed by atoms with E-state index in [1.54, 1.807) is 7.05 Å². The van der Waals surface area contributed by atoms with Gasteiger partial charge in [0.15, 0.2) is 5.96 Å². The first kappa shape index (κ1) is 27.7. The van der Waals surface area contributed by atoms with Gasteiger partial charge >= 0.3 is 6.18 Å². The highest BCUT2D eigenvalue weighted by Gasteiger charge is 2.33. The fourth-order valence-corrected chi connectivity index (χ4v) is 2.31. The van der Waals surface area contributed by atoms with Crippen molar-refractivity contribution in [1.82, 2.24) is 10.6 Å². The quantitative estimate of drug-likeness (QED) is 0.185. The number of unbranched alkanes of at least 4 members (excludes halogenated alkanes) is 1. The van der Waals surface area contributed by atoms with Gasteiger partial charge in [-0.15, -0.1) is 24.0 Å². The summed E-state index contributed by atoms with van der Waals surface area (Å²) in [6.45, 7) is 4.77. The lowest BCUT2D eigenvalue weighted by molar-refractivity contribution is -0.138. The van der Waals surface area contributed by atoms with Gasteiger partial charge in [0.1, 0.15) is 5.75 Å². The maximum absolute atomic E-state index is 13.2. The minimum atomic E-state index is -4.46. The van der Waals surface area contributed by atoms with E-state index in [2.05, 4.69) is 22.5 Å². The minimum Gasteiger partial charge on any atom is -0.497 e. The molecule has 0 aromatic heterocycles. The van der Waals surface area contributed by atoms with E-state index in [1.165, 1.54) is 19.2 Å². The van der Waals surface area contributed by atoms with E-state index >= 15 is 0 Å². The van der Waals surface area contributed by atoms with Crippen LogP contribution in [-0.2, 0) is 22.2 Å². The lowest BCUT2D eigenvalue weighted by Crippen LogP contribution is -2.39. The molecule has 0 saturated carbocycles. The number of alkyl halides is 3. The maximum atomic E-state index is 13.2. The number of benzene rings is 1. The van der Waals surface area contributed by atoms with E-state index in [9.17, 15) is 13.2 Å². The van der Waals surface area contributed by atoms with Gasteiger partial charge in [0.25, 0.3) is 0 Å². The Labute approximate surface area is 187 Å². The van der Waals surface area contributed by atoms with Gasteiger partial charge < -0.3 is 24.8 Å². The van der Waals surface area contributed by atoms with Crippen LogP contribution in [0, 0.1) is 0 Å². The number of nitrogens with zero attached hydrogens (tertiary/aromatic N) is 1. The van der Waals surface area contributed by atoms with Crippen molar-refractivity contribution in [3.8, 4) is 5.75 Å².